The predicted molar refractivity (Wildman–Crippen MR) is 158 cm³/mol. The van der Waals surface area contributed by atoms with Crippen LogP contribution >= 0.6 is 11.8 Å². The monoisotopic (exact) mass is 540 g/mol. The minimum absolute atomic E-state index is 0.0282. The van der Waals surface area contributed by atoms with Gasteiger partial charge in [-0.25, -0.2) is 0 Å². The van der Waals surface area contributed by atoms with Gasteiger partial charge in [0.2, 0.25) is 0 Å². The standard InChI is InChI=1S/C33H48O4S/c1-3-4-5-11-14-25(32(36)37)15-12-9-7-6-8-10-13-16-30-29-22-21-28(35)23-31(29)38-24-33(30,2)26-17-19-27(34)20-18-26/h17-23,25,30,34-35H,3-16,24H2,1-2H3,(H,36,37)/t25?,30-,33-/m1/s1. The lowest BCUT2D eigenvalue weighted by atomic mass is 9.68. The van der Waals surface area contributed by atoms with E-state index in [9.17, 15) is 20.1 Å². The summed E-state index contributed by atoms with van der Waals surface area (Å²) in [6.07, 6.45) is 15.5. The number of aliphatic carboxylic acids is 1. The molecule has 2 aromatic carbocycles. The van der Waals surface area contributed by atoms with Crippen LogP contribution in [-0.4, -0.2) is 27.0 Å². The molecule has 1 aliphatic rings. The first-order valence-corrected chi connectivity index (χ1v) is 15.8. The number of hydrogen-bond donors (Lipinski definition) is 3. The molecule has 3 N–H and O–H groups in total. The van der Waals surface area contributed by atoms with Crippen LogP contribution in [0.5, 0.6) is 11.5 Å². The first kappa shape index (κ1) is 30.4. The molecule has 210 valence electrons. The summed E-state index contributed by atoms with van der Waals surface area (Å²) in [4.78, 5) is 12.7. The van der Waals surface area contributed by atoms with Gasteiger partial charge in [-0.3, -0.25) is 4.79 Å². The number of phenolic OH excluding ortho intramolecular Hbond substituents is 2. The fourth-order valence-electron chi connectivity index (χ4n) is 6.04. The second kappa shape index (κ2) is 15.5. The Kier molecular flexibility index (Phi) is 12.4. The van der Waals surface area contributed by atoms with E-state index in [4.69, 9.17) is 0 Å². The molecule has 1 aliphatic heterocycles. The molecule has 0 fully saturated rings. The molecular weight excluding hydrogens is 492 g/mol. The highest BCUT2D eigenvalue weighted by atomic mass is 32.2. The third-order valence-corrected chi connectivity index (χ3v) is 9.91. The van der Waals surface area contributed by atoms with Crippen LogP contribution in [0.3, 0.4) is 0 Å². The number of thioether (sulfide) groups is 1. The van der Waals surface area contributed by atoms with Crippen molar-refractivity contribution in [2.45, 2.75) is 120 Å². The summed E-state index contributed by atoms with van der Waals surface area (Å²) < 4.78 is 0. The average Bonchev–Trinajstić information content (AvgIpc) is 2.90. The van der Waals surface area contributed by atoms with Crippen molar-refractivity contribution in [2.24, 2.45) is 5.92 Å². The summed E-state index contributed by atoms with van der Waals surface area (Å²) in [7, 11) is 0. The number of carbonyl (C=O) groups is 1. The molecule has 0 aromatic heterocycles. The van der Waals surface area contributed by atoms with Crippen molar-refractivity contribution in [3.8, 4) is 11.5 Å². The largest absolute Gasteiger partial charge is 0.508 e. The Morgan fingerprint density at radius 3 is 2.08 bits per heavy atom. The molecule has 0 saturated heterocycles. The molecule has 5 heteroatoms. The molecule has 3 atom stereocenters. The summed E-state index contributed by atoms with van der Waals surface area (Å²) in [5.41, 5.74) is 2.56. The summed E-state index contributed by atoms with van der Waals surface area (Å²) in [5, 5.41) is 29.4. The lowest BCUT2D eigenvalue weighted by molar-refractivity contribution is -0.142. The van der Waals surface area contributed by atoms with Gasteiger partial charge in [-0.2, -0.15) is 0 Å². The van der Waals surface area contributed by atoms with Crippen LogP contribution in [0.2, 0.25) is 0 Å². The number of unbranched alkanes of at least 4 members (excludes halogenated alkanes) is 9. The van der Waals surface area contributed by atoms with Crippen molar-refractivity contribution >= 4 is 17.7 Å². The van der Waals surface area contributed by atoms with Crippen molar-refractivity contribution < 1.29 is 20.1 Å². The molecule has 0 amide bonds. The normalized spacial score (nSPS) is 19.7. The number of rotatable bonds is 17. The van der Waals surface area contributed by atoms with Gasteiger partial charge < -0.3 is 15.3 Å². The summed E-state index contributed by atoms with van der Waals surface area (Å²) in [6.45, 7) is 4.53. The van der Waals surface area contributed by atoms with E-state index in [2.05, 4.69) is 32.0 Å². The molecule has 1 unspecified atom stereocenters. The van der Waals surface area contributed by atoms with E-state index in [1.807, 2.05) is 23.9 Å². The summed E-state index contributed by atoms with van der Waals surface area (Å²) in [6, 6.07) is 13.5. The number of aromatic hydroxyl groups is 2. The summed E-state index contributed by atoms with van der Waals surface area (Å²) in [5.74, 6) is 1.18. The molecule has 0 spiro atoms. The fourth-order valence-corrected chi connectivity index (χ4v) is 7.44. The molecule has 0 bridgehead atoms. The van der Waals surface area contributed by atoms with E-state index in [1.54, 1.807) is 12.1 Å². The van der Waals surface area contributed by atoms with Crippen LogP contribution in [0, 0.1) is 5.92 Å². The van der Waals surface area contributed by atoms with E-state index < -0.39 is 5.97 Å². The minimum atomic E-state index is -0.612. The Morgan fingerprint density at radius 1 is 0.868 bits per heavy atom. The molecule has 2 aromatic rings. The van der Waals surface area contributed by atoms with E-state index in [0.29, 0.717) is 17.4 Å². The third kappa shape index (κ3) is 8.69. The molecule has 1 heterocycles. The first-order chi connectivity index (χ1) is 18.3. The van der Waals surface area contributed by atoms with Gasteiger partial charge in [0.05, 0.1) is 5.92 Å². The van der Waals surface area contributed by atoms with Crippen LogP contribution < -0.4 is 0 Å². The average molecular weight is 541 g/mol. The number of carboxylic acid groups (broad SMARTS) is 1. The smallest absolute Gasteiger partial charge is 0.306 e. The second-order valence-electron chi connectivity index (χ2n) is 11.5. The Labute approximate surface area is 234 Å². The van der Waals surface area contributed by atoms with E-state index >= 15 is 0 Å². The maximum absolute atomic E-state index is 11.6. The van der Waals surface area contributed by atoms with Crippen LogP contribution in [-0.2, 0) is 10.2 Å². The SMILES string of the molecule is CCCCCCC(CCCCCCCCC[C@@H]1c2ccc(O)cc2SC[C@]1(C)c1ccc(O)cc1)C(=O)O. The Morgan fingerprint density at radius 2 is 1.45 bits per heavy atom. The molecular formula is C33H48O4S. The zero-order valence-corrected chi connectivity index (χ0v) is 24.3. The number of carboxylic acids is 1. The number of benzene rings is 2. The molecule has 0 aliphatic carbocycles. The zero-order chi connectivity index (χ0) is 27.4. The Hall–Kier alpha value is -2.14. The lowest BCUT2D eigenvalue weighted by Crippen LogP contribution is -2.36. The summed E-state index contributed by atoms with van der Waals surface area (Å²) >= 11 is 1.82. The quantitative estimate of drug-likeness (QED) is 0.174. The molecule has 0 radical (unpaired) electrons. The van der Waals surface area contributed by atoms with Gasteiger partial charge in [0, 0.05) is 16.1 Å². The zero-order valence-electron chi connectivity index (χ0n) is 23.5. The van der Waals surface area contributed by atoms with Gasteiger partial charge in [0.25, 0.3) is 0 Å². The predicted octanol–water partition coefficient (Wildman–Crippen LogP) is 9.43. The van der Waals surface area contributed by atoms with Crippen molar-refractivity contribution in [2.75, 3.05) is 5.75 Å². The fraction of sp³-hybridized carbons (Fsp3) is 0.606. The maximum atomic E-state index is 11.6. The minimum Gasteiger partial charge on any atom is -0.508 e. The van der Waals surface area contributed by atoms with Crippen molar-refractivity contribution in [1.29, 1.82) is 0 Å². The molecule has 38 heavy (non-hydrogen) atoms. The van der Waals surface area contributed by atoms with Crippen molar-refractivity contribution in [3.05, 3.63) is 53.6 Å². The highest BCUT2D eigenvalue weighted by Crippen LogP contribution is 2.52. The Balaban J connectivity index is 1.44. The number of phenols is 2. The lowest BCUT2D eigenvalue weighted by Gasteiger charge is -2.43. The molecule has 3 rings (SSSR count). The van der Waals surface area contributed by atoms with Gasteiger partial charge >= 0.3 is 5.97 Å². The van der Waals surface area contributed by atoms with E-state index in [0.717, 1.165) is 50.7 Å². The van der Waals surface area contributed by atoms with Gasteiger partial charge in [-0.1, -0.05) is 103 Å². The van der Waals surface area contributed by atoms with Gasteiger partial charge in [-0.15, -0.1) is 11.8 Å². The van der Waals surface area contributed by atoms with E-state index in [1.165, 1.54) is 61.0 Å². The van der Waals surface area contributed by atoms with Crippen LogP contribution in [0.1, 0.15) is 121 Å². The molecule has 0 saturated carbocycles. The highest BCUT2D eigenvalue weighted by molar-refractivity contribution is 7.99. The van der Waals surface area contributed by atoms with Crippen LogP contribution in [0.25, 0.3) is 0 Å². The first-order valence-electron chi connectivity index (χ1n) is 14.8. The van der Waals surface area contributed by atoms with Crippen molar-refractivity contribution in [3.63, 3.8) is 0 Å². The van der Waals surface area contributed by atoms with Crippen LogP contribution in [0.4, 0.5) is 0 Å². The van der Waals surface area contributed by atoms with Crippen LogP contribution in [0.15, 0.2) is 47.4 Å². The Bertz CT molecular complexity index is 989. The second-order valence-corrected chi connectivity index (χ2v) is 12.5. The van der Waals surface area contributed by atoms with Gasteiger partial charge in [0.1, 0.15) is 11.5 Å². The topological polar surface area (TPSA) is 77.8 Å². The maximum Gasteiger partial charge on any atom is 0.306 e. The van der Waals surface area contributed by atoms with Gasteiger partial charge in [-0.05, 0) is 60.6 Å². The van der Waals surface area contributed by atoms with Crippen molar-refractivity contribution in [1.82, 2.24) is 0 Å². The number of hydrogen-bond acceptors (Lipinski definition) is 4. The third-order valence-electron chi connectivity index (χ3n) is 8.50. The highest BCUT2D eigenvalue weighted by Gasteiger charge is 2.41. The van der Waals surface area contributed by atoms with Gasteiger partial charge in [0.15, 0.2) is 0 Å². The number of fused-ring (bicyclic) bond motifs is 1. The van der Waals surface area contributed by atoms with E-state index in [-0.39, 0.29) is 11.3 Å². The molecule has 4 nitrogen and oxygen atoms in total.